The summed E-state index contributed by atoms with van der Waals surface area (Å²) in [5.74, 6) is 0.682. The van der Waals surface area contributed by atoms with Crippen LogP contribution in [0.25, 0.3) is 0 Å². The molecule has 0 aromatic carbocycles. The molecule has 0 aromatic rings. The van der Waals surface area contributed by atoms with Gasteiger partial charge in [0.25, 0.3) is 0 Å². The van der Waals surface area contributed by atoms with Crippen molar-refractivity contribution in [3.8, 4) is 0 Å². The molecule has 128 valence electrons. The number of likely N-dealkylation sites (tertiary alicyclic amines) is 1. The number of hydrogen-bond donors (Lipinski definition) is 1. The number of carbonyl (C=O) groups is 2. The lowest BCUT2D eigenvalue weighted by Gasteiger charge is -2.33. The quantitative estimate of drug-likeness (QED) is 0.636. The van der Waals surface area contributed by atoms with Gasteiger partial charge in [0.15, 0.2) is 0 Å². The number of likely N-dealkylation sites (N-methyl/N-ethyl adjacent to an activating group) is 1. The second kappa shape index (κ2) is 10.6. The first-order valence-corrected chi connectivity index (χ1v) is 8.32. The van der Waals surface area contributed by atoms with Crippen LogP contribution in [0.15, 0.2) is 0 Å². The molecule has 1 rings (SSSR count). The average molecular weight is 313 g/mol. The van der Waals surface area contributed by atoms with Crippen molar-refractivity contribution in [2.24, 2.45) is 5.92 Å². The van der Waals surface area contributed by atoms with Crippen LogP contribution in [0.3, 0.4) is 0 Å². The van der Waals surface area contributed by atoms with E-state index in [9.17, 15) is 9.59 Å². The minimum Gasteiger partial charge on any atom is -0.466 e. The molecule has 1 amide bonds. The van der Waals surface area contributed by atoms with Gasteiger partial charge in [0.2, 0.25) is 5.91 Å². The monoisotopic (exact) mass is 313 g/mol. The lowest BCUT2D eigenvalue weighted by Crippen LogP contribution is -2.42. The molecule has 1 aliphatic rings. The van der Waals surface area contributed by atoms with Crippen LogP contribution in [0.4, 0.5) is 0 Å². The van der Waals surface area contributed by atoms with Crippen LogP contribution in [0.5, 0.6) is 0 Å². The van der Waals surface area contributed by atoms with Crippen molar-refractivity contribution in [2.45, 2.75) is 32.6 Å². The van der Waals surface area contributed by atoms with E-state index in [1.165, 1.54) is 0 Å². The van der Waals surface area contributed by atoms with Crippen molar-refractivity contribution in [3.05, 3.63) is 0 Å². The molecule has 1 N–H and O–H groups in total. The highest BCUT2D eigenvalue weighted by atomic mass is 16.5. The zero-order valence-corrected chi connectivity index (χ0v) is 14.3. The number of piperidine rings is 1. The van der Waals surface area contributed by atoms with Gasteiger partial charge in [-0.25, -0.2) is 0 Å². The van der Waals surface area contributed by atoms with E-state index in [1.54, 1.807) is 7.05 Å². The number of carbonyl (C=O) groups excluding carboxylic acids is 2. The highest BCUT2D eigenvalue weighted by Crippen LogP contribution is 2.18. The van der Waals surface area contributed by atoms with Gasteiger partial charge in [0.05, 0.1) is 13.2 Å². The van der Waals surface area contributed by atoms with Crippen LogP contribution in [-0.2, 0) is 14.3 Å². The maximum Gasteiger partial charge on any atom is 0.305 e. The topological polar surface area (TPSA) is 61.9 Å². The SMILES string of the molecule is CCOC(=O)CCCN(C)CC1CCN(CC(=O)NC)CC1. The van der Waals surface area contributed by atoms with Crippen molar-refractivity contribution in [1.29, 1.82) is 0 Å². The predicted octanol–water partition coefficient (Wildman–Crippen LogP) is 0.720. The van der Waals surface area contributed by atoms with E-state index < -0.39 is 0 Å². The Balaban J connectivity index is 2.12. The zero-order chi connectivity index (χ0) is 16.4. The second-order valence-corrected chi connectivity index (χ2v) is 6.06. The summed E-state index contributed by atoms with van der Waals surface area (Å²) >= 11 is 0. The Labute approximate surface area is 134 Å². The van der Waals surface area contributed by atoms with Crippen molar-refractivity contribution in [2.75, 3.05) is 53.4 Å². The number of amides is 1. The van der Waals surface area contributed by atoms with Crippen LogP contribution in [-0.4, -0.2) is 75.1 Å². The molecule has 0 saturated carbocycles. The third-order valence-corrected chi connectivity index (χ3v) is 4.15. The number of hydrogen-bond acceptors (Lipinski definition) is 5. The van der Waals surface area contributed by atoms with E-state index in [0.29, 0.717) is 25.5 Å². The van der Waals surface area contributed by atoms with Crippen LogP contribution in [0.1, 0.15) is 32.6 Å². The van der Waals surface area contributed by atoms with Crippen molar-refractivity contribution < 1.29 is 14.3 Å². The van der Waals surface area contributed by atoms with E-state index in [4.69, 9.17) is 4.74 Å². The summed E-state index contributed by atoms with van der Waals surface area (Å²) in [6, 6.07) is 0. The van der Waals surface area contributed by atoms with Crippen LogP contribution in [0.2, 0.25) is 0 Å². The van der Waals surface area contributed by atoms with Crippen LogP contribution in [0, 0.1) is 5.92 Å². The predicted molar refractivity (Wildman–Crippen MR) is 86.6 cm³/mol. The third kappa shape index (κ3) is 7.75. The van der Waals surface area contributed by atoms with Crippen molar-refractivity contribution in [1.82, 2.24) is 15.1 Å². The highest BCUT2D eigenvalue weighted by molar-refractivity contribution is 5.77. The Kier molecular flexibility index (Phi) is 9.08. The first kappa shape index (κ1) is 18.9. The highest BCUT2D eigenvalue weighted by Gasteiger charge is 2.21. The first-order chi connectivity index (χ1) is 10.5. The van der Waals surface area contributed by atoms with Gasteiger partial charge in [-0.15, -0.1) is 0 Å². The number of nitrogens with one attached hydrogen (secondary N) is 1. The molecule has 0 radical (unpaired) electrons. The lowest BCUT2D eigenvalue weighted by atomic mass is 9.96. The Bertz CT molecular complexity index is 342. The molecule has 6 heteroatoms. The van der Waals surface area contributed by atoms with E-state index in [-0.39, 0.29) is 11.9 Å². The molecule has 1 saturated heterocycles. The zero-order valence-electron chi connectivity index (χ0n) is 14.3. The minimum absolute atomic E-state index is 0.0922. The number of rotatable bonds is 9. The summed E-state index contributed by atoms with van der Waals surface area (Å²) < 4.78 is 4.93. The van der Waals surface area contributed by atoms with Gasteiger partial charge in [-0.1, -0.05) is 0 Å². The fourth-order valence-corrected chi connectivity index (χ4v) is 2.87. The maximum atomic E-state index is 11.4. The minimum atomic E-state index is -0.0987. The standard InChI is InChI=1S/C16H31N3O3/c1-4-22-16(21)6-5-9-18(3)12-14-7-10-19(11-8-14)13-15(20)17-2/h14H,4-13H2,1-3H3,(H,17,20). The van der Waals surface area contributed by atoms with E-state index in [2.05, 4.69) is 22.2 Å². The lowest BCUT2D eigenvalue weighted by molar-refractivity contribution is -0.143. The number of nitrogens with zero attached hydrogens (tertiary/aromatic N) is 2. The summed E-state index contributed by atoms with van der Waals surface area (Å²) in [7, 11) is 3.79. The molecule has 1 heterocycles. The van der Waals surface area contributed by atoms with Crippen LogP contribution >= 0.6 is 0 Å². The maximum absolute atomic E-state index is 11.4. The first-order valence-electron chi connectivity index (χ1n) is 8.32. The second-order valence-electron chi connectivity index (χ2n) is 6.06. The molecule has 0 unspecified atom stereocenters. The van der Waals surface area contributed by atoms with Gasteiger partial charge in [-0.05, 0) is 58.8 Å². The number of ether oxygens (including phenoxy) is 1. The van der Waals surface area contributed by atoms with Gasteiger partial charge >= 0.3 is 5.97 Å². The summed E-state index contributed by atoms with van der Waals surface area (Å²) in [5, 5.41) is 2.67. The van der Waals surface area contributed by atoms with E-state index >= 15 is 0 Å². The van der Waals surface area contributed by atoms with Crippen molar-refractivity contribution >= 4 is 11.9 Å². The molecular formula is C16H31N3O3. The van der Waals surface area contributed by atoms with E-state index in [1.807, 2.05) is 6.92 Å². The molecule has 6 nitrogen and oxygen atoms in total. The summed E-state index contributed by atoms with van der Waals surface area (Å²) in [6.07, 6.45) is 3.63. The molecule has 0 aromatic heterocycles. The largest absolute Gasteiger partial charge is 0.466 e. The molecule has 0 aliphatic carbocycles. The summed E-state index contributed by atoms with van der Waals surface area (Å²) in [5.41, 5.74) is 0. The van der Waals surface area contributed by atoms with Gasteiger partial charge in [0.1, 0.15) is 0 Å². The Morgan fingerprint density at radius 1 is 1.32 bits per heavy atom. The van der Waals surface area contributed by atoms with Gasteiger partial charge < -0.3 is 15.0 Å². The number of esters is 1. The van der Waals surface area contributed by atoms with Crippen LogP contribution < -0.4 is 5.32 Å². The summed E-state index contributed by atoms with van der Waals surface area (Å²) in [6.45, 7) is 6.79. The molecule has 1 fully saturated rings. The average Bonchev–Trinajstić information content (AvgIpc) is 2.49. The Morgan fingerprint density at radius 2 is 2.00 bits per heavy atom. The van der Waals surface area contributed by atoms with Gasteiger partial charge in [-0.2, -0.15) is 0 Å². The Morgan fingerprint density at radius 3 is 2.59 bits per heavy atom. The Hall–Kier alpha value is -1.14. The molecule has 0 atom stereocenters. The van der Waals surface area contributed by atoms with Crippen molar-refractivity contribution in [3.63, 3.8) is 0 Å². The summed E-state index contributed by atoms with van der Waals surface area (Å²) in [4.78, 5) is 27.2. The smallest absolute Gasteiger partial charge is 0.305 e. The molecule has 22 heavy (non-hydrogen) atoms. The molecular weight excluding hydrogens is 282 g/mol. The third-order valence-electron chi connectivity index (χ3n) is 4.15. The fourth-order valence-electron chi connectivity index (χ4n) is 2.87. The molecule has 1 aliphatic heterocycles. The molecule has 0 bridgehead atoms. The van der Waals surface area contributed by atoms with E-state index in [0.717, 1.165) is 45.4 Å². The fraction of sp³-hybridized carbons (Fsp3) is 0.875. The van der Waals surface area contributed by atoms with Gasteiger partial charge in [0, 0.05) is 20.0 Å². The molecule has 0 spiro atoms. The normalized spacial score (nSPS) is 16.7. The van der Waals surface area contributed by atoms with Gasteiger partial charge in [-0.3, -0.25) is 14.5 Å².